The molecular weight excluding hydrogens is 272 g/mol. The first kappa shape index (κ1) is 14.7. The van der Waals surface area contributed by atoms with Crippen molar-refractivity contribution in [1.29, 1.82) is 0 Å². The van der Waals surface area contributed by atoms with Crippen LogP contribution in [0.5, 0.6) is 0 Å². The van der Waals surface area contributed by atoms with Crippen molar-refractivity contribution in [2.24, 2.45) is 0 Å². The number of thiophene rings is 2. The van der Waals surface area contributed by atoms with E-state index in [9.17, 15) is 0 Å². The zero-order valence-corrected chi connectivity index (χ0v) is 13.6. The molecule has 0 bridgehead atoms. The Morgan fingerprint density at radius 2 is 1.79 bits per heavy atom. The Morgan fingerprint density at radius 3 is 2.37 bits per heavy atom. The van der Waals surface area contributed by atoms with Gasteiger partial charge in [-0.15, -0.1) is 22.7 Å². The molecule has 0 radical (unpaired) electrons. The molecule has 2 nitrogen and oxygen atoms in total. The summed E-state index contributed by atoms with van der Waals surface area (Å²) in [6.07, 6.45) is 0. The van der Waals surface area contributed by atoms with Crippen LogP contribution in [0.25, 0.3) is 0 Å². The van der Waals surface area contributed by atoms with Crippen molar-refractivity contribution in [3.8, 4) is 0 Å². The molecule has 0 atom stereocenters. The highest BCUT2D eigenvalue weighted by molar-refractivity contribution is 7.11. The first-order chi connectivity index (χ1) is 9.13. The lowest BCUT2D eigenvalue weighted by atomic mass is 10.3. The molecule has 0 fully saturated rings. The van der Waals surface area contributed by atoms with E-state index >= 15 is 0 Å². The summed E-state index contributed by atoms with van der Waals surface area (Å²) in [5, 5.41) is 2.16. The minimum absolute atomic E-state index is 1.06. The van der Waals surface area contributed by atoms with E-state index < -0.39 is 0 Å². The van der Waals surface area contributed by atoms with Crippen LogP contribution in [-0.4, -0.2) is 37.0 Å². The van der Waals surface area contributed by atoms with Gasteiger partial charge >= 0.3 is 0 Å². The van der Waals surface area contributed by atoms with E-state index in [0.29, 0.717) is 0 Å². The van der Waals surface area contributed by atoms with Gasteiger partial charge in [0.2, 0.25) is 0 Å². The average Bonchev–Trinajstić information content (AvgIpc) is 2.98. The molecule has 0 saturated heterocycles. The minimum Gasteiger partial charge on any atom is -0.308 e. The minimum atomic E-state index is 1.06. The molecule has 2 rings (SSSR count). The number of nitrogens with zero attached hydrogens (tertiary/aromatic N) is 2. The van der Waals surface area contributed by atoms with Crippen molar-refractivity contribution in [3.63, 3.8) is 0 Å². The molecule has 0 saturated carbocycles. The molecule has 0 aliphatic rings. The third-order valence-electron chi connectivity index (χ3n) is 3.00. The van der Waals surface area contributed by atoms with E-state index in [1.807, 2.05) is 22.7 Å². The molecule has 0 unspecified atom stereocenters. The van der Waals surface area contributed by atoms with E-state index in [0.717, 1.165) is 26.2 Å². The van der Waals surface area contributed by atoms with Gasteiger partial charge in [-0.25, -0.2) is 0 Å². The van der Waals surface area contributed by atoms with Crippen LogP contribution in [0.2, 0.25) is 0 Å². The van der Waals surface area contributed by atoms with Gasteiger partial charge in [0.15, 0.2) is 0 Å². The molecule has 0 aromatic carbocycles. The van der Waals surface area contributed by atoms with Gasteiger partial charge in [-0.2, -0.15) is 0 Å². The third-order valence-corrected chi connectivity index (χ3v) is 4.85. The number of hydrogen-bond donors (Lipinski definition) is 0. The van der Waals surface area contributed by atoms with Gasteiger partial charge in [0.05, 0.1) is 0 Å². The van der Waals surface area contributed by atoms with Gasteiger partial charge < -0.3 is 4.90 Å². The Hall–Kier alpha value is -0.680. The SMILES string of the molecule is Cc1ccc(CN(CCN(C)C)Cc2cccs2)s1. The molecule has 2 aromatic heterocycles. The van der Waals surface area contributed by atoms with Crippen LogP contribution in [-0.2, 0) is 13.1 Å². The van der Waals surface area contributed by atoms with Crippen LogP contribution in [0.4, 0.5) is 0 Å². The second kappa shape index (κ2) is 7.20. The van der Waals surface area contributed by atoms with Gasteiger partial charge in [-0.1, -0.05) is 6.07 Å². The monoisotopic (exact) mass is 294 g/mol. The summed E-state index contributed by atoms with van der Waals surface area (Å²) in [6.45, 7) is 6.52. The zero-order chi connectivity index (χ0) is 13.7. The summed E-state index contributed by atoms with van der Waals surface area (Å²) in [7, 11) is 4.28. The molecule has 104 valence electrons. The molecule has 2 aromatic rings. The van der Waals surface area contributed by atoms with Crippen molar-refractivity contribution in [2.75, 3.05) is 27.2 Å². The van der Waals surface area contributed by atoms with Crippen molar-refractivity contribution in [2.45, 2.75) is 20.0 Å². The maximum Gasteiger partial charge on any atom is 0.0332 e. The van der Waals surface area contributed by atoms with Crippen LogP contribution < -0.4 is 0 Å². The van der Waals surface area contributed by atoms with Gasteiger partial charge in [0.25, 0.3) is 0 Å². The fourth-order valence-corrected chi connectivity index (χ4v) is 3.65. The summed E-state index contributed by atoms with van der Waals surface area (Å²) in [4.78, 5) is 9.11. The standard InChI is InChI=1S/C15H22N2S2/c1-13-6-7-15(19-13)12-17(9-8-16(2)3)11-14-5-4-10-18-14/h4-7,10H,8-9,11-12H2,1-3H3. The van der Waals surface area contributed by atoms with Crippen LogP contribution in [0.15, 0.2) is 29.6 Å². The van der Waals surface area contributed by atoms with Gasteiger partial charge in [0.1, 0.15) is 0 Å². The van der Waals surface area contributed by atoms with Crippen LogP contribution in [0.3, 0.4) is 0 Å². The molecule has 0 N–H and O–H groups in total. The van der Waals surface area contributed by atoms with Crippen molar-refractivity contribution >= 4 is 22.7 Å². The fourth-order valence-electron chi connectivity index (χ4n) is 1.97. The summed E-state index contributed by atoms with van der Waals surface area (Å²) < 4.78 is 0. The van der Waals surface area contributed by atoms with Crippen molar-refractivity contribution in [3.05, 3.63) is 44.3 Å². The smallest absolute Gasteiger partial charge is 0.0332 e. The normalized spacial score (nSPS) is 11.6. The summed E-state index contributed by atoms with van der Waals surface area (Å²) in [5.74, 6) is 0. The maximum absolute atomic E-state index is 2.54. The van der Waals surface area contributed by atoms with E-state index in [2.05, 4.69) is 60.5 Å². The predicted octanol–water partition coefficient (Wildman–Crippen LogP) is 3.68. The Kier molecular flexibility index (Phi) is 5.58. The fraction of sp³-hybridized carbons (Fsp3) is 0.467. The number of hydrogen-bond acceptors (Lipinski definition) is 4. The van der Waals surface area contributed by atoms with Crippen LogP contribution in [0.1, 0.15) is 14.6 Å². The summed E-state index contributed by atoms with van der Waals surface area (Å²) >= 11 is 3.76. The maximum atomic E-state index is 2.54. The summed E-state index contributed by atoms with van der Waals surface area (Å²) in [5.41, 5.74) is 0. The van der Waals surface area contributed by atoms with E-state index in [1.165, 1.54) is 14.6 Å². The first-order valence-electron chi connectivity index (χ1n) is 6.58. The first-order valence-corrected chi connectivity index (χ1v) is 8.28. The molecule has 0 amide bonds. The Morgan fingerprint density at radius 1 is 1.00 bits per heavy atom. The second-order valence-electron chi connectivity index (χ2n) is 5.11. The highest BCUT2D eigenvalue weighted by atomic mass is 32.1. The Bertz CT molecular complexity index is 474. The van der Waals surface area contributed by atoms with E-state index in [-0.39, 0.29) is 0 Å². The predicted molar refractivity (Wildman–Crippen MR) is 86.0 cm³/mol. The van der Waals surface area contributed by atoms with Gasteiger partial charge in [-0.05, 0) is 44.6 Å². The molecule has 4 heteroatoms. The number of rotatable bonds is 7. The molecule has 0 aliphatic carbocycles. The highest BCUT2D eigenvalue weighted by Gasteiger charge is 2.09. The quantitative estimate of drug-likeness (QED) is 0.768. The largest absolute Gasteiger partial charge is 0.308 e. The van der Waals surface area contributed by atoms with Gasteiger partial charge in [-0.3, -0.25) is 4.90 Å². The molecule has 19 heavy (non-hydrogen) atoms. The van der Waals surface area contributed by atoms with Crippen LogP contribution in [0, 0.1) is 6.92 Å². The van der Waals surface area contributed by atoms with Crippen molar-refractivity contribution in [1.82, 2.24) is 9.80 Å². The van der Waals surface area contributed by atoms with E-state index in [4.69, 9.17) is 0 Å². The van der Waals surface area contributed by atoms with Crippen LogP contribution >= 0.6 is 22.7 Å². The lowest BCUT2D eigenvalue weighted by Crippen LogP contribution is -2.30. The summed E-state index contributed by atoms with van der Waals surface area (Å²) in [6, 6.07) is 8.85. The Labute approximate surface area is 124 Å². The number of likely N-dealkylation sites (N-methyl/N-ethyl adjacent to an activating group) is 1. The molecule has 2 heterocycles. The third kappa shape index (κ3) is 5.07. The molecular formula is C15H22N2S2. The zero-order valence-electron chi connectivity index (χ0n) is 11.9. The van der Waals surface area contributed by atoms with Gasteiger partial charge in [0, 0.05) is 40.8 Å². The highest BCUT2D eigenvalue weighted by Crippen LogP contribution is 2.19. The molecule has 0 spiro atoms. The lowest BCUT2D eigenvalue weighted by Gasteiger charge is -2.23. The van der Waals surface area contributed by atoms with E-state index in [1.54, 1.807) is 0 Å². The lowest BCUT2D eigenvalue weighted by molar-refractivity contribution is 0.229. The number of aryl methyl sites for hydroxylation is 1. The van der Waals surface area contributed by atoms with Crippen molar-refractivity contribution < 1.29 is 0 Å². The topological polar surface area (TPSA) is 6.48 Å². The Balaban J connectivity index is 1.96. The second-order valence-corrected chi connectivity index (χ2v) is 7.51. The average molecular weight is 294 g/mol. The molecule has 0 aliphatic heterocycles.